The van der Waals surface area contributed by atoms with Crippen molar-refractivity contribution in [2.45, 2.75) is 6.42 Å². The van der Waals surface area contributed by atoms with Gasteiger partial charge in [-0.2, -0.15) is 4.31 Å². The molecule has 0 spiro atoms. The Labute approximate surface area is 183 Å². The van der Waals surface area contributed by atoms with Crippen LogP contribution in [0.4, 0.5) is 15.8 Å². The van der Waals surface area contributed by atoms with E-state index in [1.165, 1.54) is 16.4 Å². The molecule has 31 heavy (non-hydrogen) atoms. The molecule has 2 aromatic carbocycles. The number of sulfonamides is 1. The molecule has 0 bridgehead atoms. The van der Waals surface area contributed by atoms with Crippen molar-refractivity contribution in [1.29, 1.82) is 0 Å². The lowest BCUT2D eigenvalue weighted by Gasteiger charge is -2.35. The molecule has 1 aliphatic heterocycles. The Kier molecular flexibility index (Phi) is 7.50. The van der Waals surface area contributed by atoms with E-state index in [4.69, 9.17) is 0 Å². The van der Waals surface area contributed by atoms with Gasteiger partial charge in [0.25, 0.3) is 5.91 Å². The maximum absolute atomic E-state index is 13.1. The number of amides is 1. The number of carbonyl (C=O) groups excluding carboxylic acids is 1. The van der Waals surface area contributed by atoms with Crippen LogP contribution in [0.1, 0.15) is 16.8 Å². The second-order valence-corrected chi connectivity index (χ2v) is 9.82. The number of anilines is 2. The third-order valence-electron chi connectivity index (χ3n) is 5.31. The highest BCUT2D eigenvalue weighted by atomic mass is 32.2. The SMILES string of the molecule is CN(C)c1cccc(C(=O)NCCCS(=O)(=O)N2CCN(c3ccc(F)cc3)CC2)c1. The average molecular weight is 449 g/mol. The summed E-state index contributed by atoms with van der Waals surface area (Å²) in [5.74, 6) is -0.516. The largest absolute Gasteiger partial charge is 0.378 e. The van der Waals surface area contributed by atoms with Crippen molar-refractivity contribution in [2.24, 2.45) is 0 Å². The van der Waals surface area contributed by atoms with Crippen molar-refractivity contribution >= 4 is 27.3 Å². The predicted molar refractivity (Wildman–Crippen MR) is 122 cm³/mol. The number of hydrogen-bond donors (Lipinski definition) is 1. The summed E-state index contributed by atoms with van der Waals surface area (Å²) in [6.45, 7) is 2.19. The zero-order valence-electron chi connectivity index (χ0n) is 17.9. The normalized spacial score (nSPS) is 15.0. The van der Waals surface area contributed by atoms with Gasteiger partial charge in [0, 0.05) is 63.8 Å². The molecule has 1 heterocycles. The van der Waals surface area contributed by atoms with E-state index in [1.807, 2.05) is 36.0 Å². The van der Waals surface area contributed by atoms with Crippen LogP contribution in [0.3, 0.4) is 0 Å². The minimum atomic E-state index is -3.39. The molecule has 9 heteroatoms. The molecule has 168 valence electrons. The first-order chi connectivity index (χ1) is 14.8. The molecular weight excluding hydrogens is 419 g/mol. The Morgan fingerprint density at radius 2 is 1.74 bits per heavy atom. The Balaban J connectivity index is 1.43. The molecule has 0 aromatic heterocycles. The van der Waals surface area contributed by atoms with Gasteiger partial charge in [-0.25, -0.2) is 12.8 Å². The van der Waals surface area contributed by atoms with E-state index in [1.54, 1.807) is 24.3 Å². The maximum Gasteiger partial charge on any atom is 0.251 e. The van der Waals surface area contributed by atoms with Crippen LogP contribution in [0.25, 0.3) is 0 Å². The zero-order valence-corrected chi connectivity index (χ0v) is 18.7. The fourth-order valence-electron chi connectivity index (χ4n) is 3.49. The van der Waals surface area contributed by atoms with Crippen LogP contribution < -0.4 is 15.1 Å². The topological polar surface area (TPSA) is 73.0 Å². The van der Waals surface area contributed by atoms with E-state index in [0.29, 0.717) is 44.7 Å². The number of carbonyl (C=O) groups is 1. The number of benzene rings is 2. The first kappa shape index (κ1) is 23.0. The van der Waals surface area contributed by atoms with Crippen molar-refractivity contribution in [2.75, 3.05) is 62.4 Å². The molecule has 1 N–H and O–H groups in total. The summed E-state index contributed by atoms with van der Waals surface area (Å²) in [6.07, 6.45) is 0.347. The van der Waals surface area contributed by atoms with Gasteiger partial charge in [-0.05, 0) is 48.9 Å². The number of nitrogens with one attached hydrogen (secondary N) is 1. The first-order valence-corrected chi connectivity index (χ1v) is 11.9. The highest BCUT2D eigenvalue weighted by Gasteiger charge is 2.26. The predicted octanol–water partition coefficient (Wildman–Crippen LogP) is 2.16. The molecule has 0 atom stereocenters. The van der Waals surface area contributed by atoms with E-state index < -0.39 is 10.0 Å². The summed E-state index contributed by atoms with van der Waals surface area (Å²) < 4.78 is 39.9. The summed E-state index contributed by atoms with van der Waals surface area (Å²) in [5.41, 5.74) is 2.36. The number of hydrogen-bond acceptors (Lipinski definition) is 5. The molecule has 1 aliphatic rings. The van der Waals surface area contributed by atoms with Crippen LogP contribution in [0.2, 0.25) is 0 Å². The monoisotopic (exact) mass is 448 g/mol. The number of rotatable bonds is 8. The van der Waals surface area contributed by atoms with E-state index in [-0.39, 0.29) is 17.5 Å². The molecule has 1 saturated heterocycles. The van der Waals surface area contributed by atoms with Gasteiger partial charge in [-0.1, -0.05) is 6.07 Å². The zero-order chi connectivity index (χ0) is 22.4. The molecule has 0 unspecified atom stereocenters. The summed E-state index contributed by atoms with van der Waals surface area (Å²) in [5, 5.41) is 2.79. The fourth-order valence-corrected chi connectivity index (χ4v) is 4.98. The lowest BCUT2D eigenvalue weighted by molar-refractivity contribution is 0.0953. The van der Waals surface area contributed by atoms with Gasteiger partial charge in [0.05, 0.1) is 5.75 Å². The van der Waals surface area contributed by atoms with E-state index >= 15 is 0 Å². The van der Waals surface area contributed by atoms with Crippen molar-refractivity contribution < 1.29 is 17.6 Å². The first-order valence-electron chi connectivity index (χ1n) is 10.3. The van der Waals surface area contributed by atoms with Crippen molar-refractivity contribution in [1.82, 2.24) is 9.62 Å². The highest BCUT2D eigenvalue weighted by Crippen LogP contribution is 2.18. The second kappa shape index (κ2) is 10.1. The molecular formula is C22H29FN4O3S. The smallest absolute Gasteiger partial charge is 0.251 e. The average Bonchev–Trinajstić information content (AvgIpc) is 2.77. The Hall–Kier alpha value is -2.65. The third-order valence-corrected chi connectivity index (χ3v) is 7.27. The van der Waals surface area contributed by atoms with Gasteiger partial charge in [0.1, 0.15) is 5.82 Å². The minimum Gasteiger partial charge on any atom is -0.378 e. The molecule has 1 amide bonds. The van der Waals surface area contributed by atoms with Gasteiger partial charge in [-0.3, -0.25) is 4.79 Å². The van der Waals surface area contributed by atoms with Crippen LogP contribution in [0.15, 0.2) is 48.5 Å². The molecule has 0 aliphatic carbocycles. The molecule has 0 saturated carbocycles. The van der Waals surface area contributed by atoms with E-state index in [9.17, 15) is 17.6 Å². The lowest BCUT2D eigenvalue weighted by Crippen LogP contribution is -2.49. The molecule has 3 rings (SSSR count). The Morgan fingerprint density at radius 1 is 1.06 bits per heavy atom. The number of nitrogens with zero attached hydrogens (tertiary/aromatic N) is 3. The van der Waals surface area contributed by atoms with Gasteiger partial charge < -0.3 is 15.1 Å². The van der Waals surface area contributed by atoms with Crippen LogP contribution >= 0.6 is 0 Å². The van der Waals surface area contributed by atoms with Crippen LogP contribution in [0.5, 0.6) is 0 Å². The summed E-state index contributed by atoms with van der Waals surface area (Å²) in [6, 6.07) is 13.5. The summed E-state index contributed by atoms with van der Waals surface area (Å²) in [4.78, 5) is 16.3. The molecule has 7 nitrogen and oxygen atoms in total. The van der Waals surface area contributed by atoms with Crippen molar-refractivity contribution in [3.63, 3.8) is 0 Å². The van der Waals surface area contributed by atoms with Crippen LogP contribution in [-0.4, -0.2) is 71.2 Å². The van der Waals surface area contributed by atoms with Crippen molar-refractivity contribution in [3.8, 4) is 0 Å². The Morgan fingerprint density at radius 3 is 2.39 bits per heavy atom. The minimum absolute atomic E-state index is 0.0123. The van der Waals surface area contributed by atoms with E-state index in [0.717, 1.165) is 11.4 Å². The van der Waals surface area contributed by atoms with Gasteiger partial charge >= 0.3 is 0 Å². The third kappa shape index (κ3) is 6.18. The highest BCUT2D eigenvalue weighted by molar-refractivity contribution is 7.89. The van der Waals surface area contributed by atoms with Crippen molar-refractivity contribution in [3.05, 3.63) is 59.9 Å². The summed E-state index contributed by atoms with van der Waals surface area (Å²) >= 11 is 0. The molecule has 1 fully saturated rings. The number of piperazine rings is 1. The molecule has 2 aromatic rings. The summed E-state index contributed by atoms with van der Waals surface area (Å²) in [7, 11) is 0.421. The second-order valence-electron chi connectivity index (χ2n) is 7.73. The van der Waals surface area contributed by atoms with Crippen LogP contribution in [-0.2, 0) is 10.0 Å². The van der Waals surface area contributed by atoms with E-state index in [2.05, 4.69) is 5.32 Å². The fraction of sp³-hybridized carbons (Fsp3) is 0.409. The van der Waals surface area contributed by atoms with Gasteiger partial charge in [0.15, 0.2) is 0 Å². The molecule has 0 radical (unpaired) electrons. The maximum atomic E-state index is 13.1. The van der Waals surface area contributed by atoms with Crippen LogP contribution in [0, 0.1) is 5.82 Å². The van der Waals surface area contributed by atoms with Gasteiger partial charge in [-0.15, -0.1) is 0 Å². The Bertz CT molecular complexity index is 988. The van der Waals surface area contributed by atoms with Gasteiger partial charge in [0.2, 0.25) is 10.0 Å². The standard InChI is InChI=1S/C22H29FN4O3S/c1-25(2)21-6-3-5-18(17-21)22(28)24-11-4-16-31(29,30)27-14-12-26(13-15-27)20-9-7-19(23)8-10-20/h3,5-10,17H,4,11-16H2,1-2H3,(H,24,28). The quantitative estimate of drug-likeness (QED) is 0.627. The number of halogens is 1. The lowest BCUT2D eigenvalue weighted by atomic mass is 10.2.